The summed E-state index contributed by atoms with van der Waals surface area (Å²) in [4.78, 5) is 2.22. The van der Waals surface area contributed by atoms with E-state index in [2.05, 4.69) is 33.4 Å². The van der Waals surface area contributed by atoms with E-state index in [9.17, 15) is 5.11 Å². The lowest BCUT2D eigenvalue weighted by Gasteiger charge is -2.28. The van der Waals surface area contributed by atoms with E-state index in [4.69, 9.17) is 4.74 Å². The summed E-state index contributed by atoms with van der Waals surface area (Å²) >= 11 is 1.48. The lowest BCUT2D eigenvalue weighted by Crippen LogP contribution is -2.41. The minimum absolute atomic E-state index is 0.419. The van der Waals surface area contributed by atoms with Crippen molar-refractivity contribution < 1.29 is 9.84 Å². The third-order valence-electron chi connectivity index (χ3n) is 4.00. The molecule has 7 nitrogen and oxygen atoms in total. The Morgan fingerprint density at radius 3 is 2.83 bits per heavy atom. The summed E-state index contributed by atoms with van der Waals surface area (Å²) in [6, 6.07) is 6.18. The fraction of sp³-hybridized carbons (Fsp3) is 0.562. The molecule has 2 aromatic rings. The van der Waals surface area contributed by atoms with Gasteiger partial charge in [0.15, 0.2) is 0 Å². The topological polar surface area (TPSA) is 76.3 Å². The minimum atomic E-state index is -0.419. The Bertz CT molecular complexity index is 672. The van der Waals surface area contributed by atoms with Crippen LogP contribution in [0.15, 0.2) is 23.4 Å². The zero-order chi connectivity index (χ0) is 16.9. The van der Waals surface area contributed by atoms with Gasteiger partial charge in [0.25, 0.3) is 0 Å². The molecule has 1 saturated heterocycles. The van der Waals surface area contributed by atoms with E-state index in [-0.39, 0.29) is 0 Å². The predicted molar refractivity (Wildman–Crippen MR) is 92.6 cm³/mol. The summed E-state index contributed by atoms with van der Waals surface area (Å²) in [5.41, 5.74) is 3.30. The summed E-state index contributed by atoms with van der Waals surface area (Å²) in [7, 11) is 0. The highest BCUT2D eigenvalue weighted by atomic mass is 32.2. The number of aryl methyl sites for hydroxylation is 2. The smallest absolute Gasteiger partial charge is 0.214 e. The number of hydrogen-bond acceptors (Lipinski definition) is 7. The van der Waals surface area contributed by atoms with Crippen LogP contribution in [0.1, 0.15) is 11.1 Å². The molecule has 8 heteroatoms. The van der Waals surface area contributed by atoms with Crippen molar-refractivity contribution in [3.63, 3.8) is 0 Å². The van der Waals surface area contributed by atoms with Gasteiger partial charge in [-0.1, -0.05) is 29.5 Å². The Morgan fingerprint density at radius 2 is 2.08 bits per heavy atom. The maximum atomic E-state index is 10.3. The van der Waals surface area contributed by atoms with E-state index in [0.717, 1.165) is 37.6 Å². The molecule has 2 heterocycles. The standard InChI is InChI=1S/C16H23N5O2S/c1-12-3-4-15(13(2)9-12)21-16(17-18-19-21)24-11-14(22)10-20-5-7-23-8-6-20/h3-4,9,14,22H,5-8,10-11H2,1-2H3/t14-/m1/s1. The van der Waals surface area contributed by atoms with Gasteiger partial charge in [-0.15, -0.1) is 5.10 Å². The number of morpholine rings is 1. The van der Waals surface area contributed by atoms with Crippen LogP contribution in [0.4, 0.5) is 0 Å². The fourth-order valence-corrected chi connectivity index (χ4v) is 3.57. The zero-order valence-corrected chi connectivity index (χ0v) is 14.9. The Labute approximate surface area is 146 Å². The van der Waals surface area contributed by atoms with Crippen LogP contribution >= 0.6 is 11.8 Å². The van der Waals surface area contributed by atoms with Crippen molar-refractivity contribution in [1.82, 2.24) is 25.1 Å². The molecule has 3 rings (SSSR count). The molecule has 0 amide bonds. The molecule has 0 radical (unpaired) electrons. The number of benzene rings is 1. The van der Waals surface area contributed by atoms with Crippen LogP contribution in [0.3, 0.4) is 0 Å². The van der Waals surface area contributed by atoms with Crippen molar-refractivity contribution >= 4 is 11.8 Å². The number of tetrazole rings is 1. The molecular weight excluding hydrogens is 326 g/mol. The molecule has 1 aliphatic heterocycles. The Kier molecular flexibility index (Phi) is 5.83. The molecule has 0 unspecified atom stereocenters. The molecule has 0 saturated carbocycles. The van der Waals surface area contributed by atoms with Crippen molar-refractivity contribution in [1.29, 1.82) is 0 Å². The van der Waals surface area contributed by atoms with Crippen LogP contribution < -0.4 is 0 Å². The number of β-amino-alcohol motifs (C(OH)–C–C–N with tert-alkyl or cyclic N) is 1. The third-order valence-corrected chi connectivity index (χ3v) is 5.06. The van der Waals surface area contributed by atoms with E-state index in [1.165, 1.54) is 17.3 Å². The molecule has 0 aliphatic carbocycles. The Morgan fingerprint density at radius 1 is 1.29 bits per heavy atom. The first-order valence-electron chi connectivity index (χ1n) is 8.10. The largest absolute Gasteiger partial charge is 0.391 e. The lowest BCUT2D eigenvalue weighted by molar-refractivity contribution is 0.0188. The molecule has 1 aromatic carbocycles. The molecule has 1 fully saturated rings. The van der Waals surface area contributed by atoms with Gasteiger partial charge in [-0.3, -0.25) is 4.90 Å². The molecule has 0 spiro atoms. The van der Waals surface area contributed by atoms with Gasteiger partial charge < -0.3 is 9.84 Å². The number of aliphatic hydroxyl groups excluding tert-OH is 1. The van der Waals surface area contributed by atoms with Gasteiger partial charge in [0, 0.05) is 25.4 Å². The summed E-state index contributed by atoms with van der Waals surface area (Å²) in [6.45, 7) is 8.00. The molecular formula is C16H23N5O2S. The quantitative estimate of drug-likeness (QED) is 0.782. The summed E-state index contributed by atoms with van der Waals surface area (Å²) < 4.78 is 7.06. The molecule has 130 valence electrons. The van der Waals surface area contributed by atoms with Gasteiger partial charge in [0.2, 0.25) is 5.16 Å². The maximum Gasteiger partial charge on any atom is 0.214 e. The number of thioether (sulfide) groups is 1. The average molecular weight is 349 g/mol. The van der Waals surface area contributed by atoms with Gasteiger partial charge >= 0.3 is 0 Å². The van der Waals surface area contributed by atoms with Crippen LogP contribution in [-0.2, 0) is 4.74 Å². The third kappa shape index (κ3) is 4.32. The minimum Gasteiger partial charge on any atom is -0.391 e. The molecule has 1 N–H and O–H groups in total. The van der Waals surface area contributed by atoms with Crippen LogP contribution in [0, 0.1) is 13.8 Å². The second kappa shape index (κ2) is 8.06. The number of hydrogen-bond donors (Lipinski definition) is 1. The van der Waals surface area contributed by atoms with E-state index in [0.29, 0.717) is 17.5 Å². The number of rotatable bonds is 6. The number of aromatic nitrogens is 4. The van der Waals surface area contributed by atoms with Crippen LogP contribution in [0.25, 0.3) is 5.69 Å². The van der Waals surface area contributed by atoms with Gasteiger partial charge in [0.1, 0.15) is 0 Å². The predicted octanol–water partition coefficient (Wildman–Crippen LogP) is 1.06. The first-order valence-corrected chi connectivity index (χ1v) is 9.09. The first-order chi connectivity index (χ1) is 11.6. The summed E-state index contributed by atoms with van der Waals surface area (Å²) in [6.07, 6.45) is -0.419. The Hall–Kier alpha value is -1.48. The van der Waals surface area contributed by atoms with Crippen LogP contribution in [0.2, 0.25) is 0 Å². The number of nitrogens with zero attached hydrogens (tertiary/aromatic N) is 5. The van der Waals surface area contributed by atoms with Crippen molar-refractivity contribution in [3.8, 4) is 5.69 Å². The molecule has 24 heavy (non-hydrogen) atoms. The van der Waals surface area contributed by atoms with E-state index < -0.39 is 6.10 Å². The lowest BCUT2D eigenvalue weighted by atomic mass is 10.1. The fourth-order valence-electron chi connectivity index (χ4n) is 2.77. The van der Waals surface area contributed by atoms with E-state index in [1.807, 2.05) is 19.1 Å². The van der Waals surface area contributed by atoms with E-state index in [1.54, 1.807) is 4.68 Å². The first kappa shape index (κ1) is 17.3. The second-order valence-electron chi connectivity index (χ2n) is 6.04. The SMILES string of the molecule is Cc1ccc(-n2nnnc2SC[C@H](O)CN2CCOCC2)c(C)c1. The number of aliphatic hydroxyl groups is 1. The number of ether oxygens (including phenoxy) is 1. The Balaban J connectivity index is 1.61. The molecule has 0 bridgehead atoms. The second-order valence-corrected chi connectivity index (χ2v) is 7.03. The molecule has 1 atom stereocenters. The van der Waals surface area contributed by atoms with Gasteiger partial charge in [-0.25, -0.2) is 0 Å². The average Bonchev–Trinajstić information content (AvgIpc) is 3.02. The van der Waals surface area contributed by atoms with Crippen LogP contribution in [0.5, 0.6) is 0 Å². The van der Waals surface area contributed by atoms with Crippen molar-refractivity contribution in [2.24, 2.45) is 0 Å². The van der Waals surface area contributed by atoms with Crippen molar-refractivity contribution in [2.45, 2.75) is 25.1 Å². The van der Waals surface area contributed by atoms with Gasteiger partial charge in [-0.05, 0) is 35.9 Å². The van der Waals surface area contributed by atoms with Gasteiger partial charge in [0.05, 0.1) is 25.0 Å². The monoisotopic (exact) mass is 349 g/mol. The highest BCUT2D eigenvalue weighted by molar-refractivity contribution is 7.99. The normalized spacial score (nSPS) is 17.1. The van der Waals surface area contributed by atoms with Crippen LogP contribution in [-0.4, -0.2) is 74.9 Å². The molecule has 1 aromatic heterocycles. The van der Waals surface area contributed by atoms with Crippen molar-refractivity contribution in [3.05, 3.63) is 29.3 Å². The molecule has 1 aliphatic rings. The summed E-state index contributed by atoms with van der Waals surface area (Å²) in [5.74, 6) is 0.558. The summed E-state index contributed by atoms with van der Waals surface area (Å²) in [5, 5.41) is 22.9. The van der Waals surface area contributed by atoms with E-state index >= 15 is 0 Å². The van der Waals surface area contributed by atoms with Crippen molar-refractivity contribution in [2.75, 3.05) is 38.6 Å². The highest BCUT2D eigenvalue weighted by Crippen LogP contribution is 2.22. The maximum absolute atomic E-state index is 10.3. The highest BCUT2D eigenvalue weighted by Gasteiger charge is 2.17. The zero-order valence-electron chi connectivity index (χ0n) is 14.1. The van der Waals surface area contributed by atoms with Gasteiger partial charge in [-0.2, -0.15) is 4.68 Å².